The number of anilines is 1. The van der Waals surface area contributed by atoms with Crippen molar-refractivity contribution in [1.82, 2.24) is 5.32 Å². The van der Waals surface area contributed by atoms with Crippen molar-refractivity contribution in [3.8, 4) is 11.5 Å². The van der Waals surface area contributed by atoms with Gasteiger partial charge in [0, 0.05) is 18.2 Å². The fourth-order valence-corrected chi connectivity index (χ4v) is 2.51. The van der Waals surface area contributed by atoms with E-state index < -0.39 is 0 Å². The molecule has 0 aromatic heterocycles. The molecule has 0 saturated carbocycles. The lowest BCUT2D eigenvalue weighted by Crippen LogP contribution is -2.28. The van der Waals surface area contributed by atoms with Crippen LogP contribution in [-0.4, -0.2) is 26.4 Å². The van der Waals surface area contributed by atoms with Crippen LogP contribution in [0.2, 0.25) is 5.02 Å². The minimum absolute atomic E-state index is 0.421. The Morgan fingerprint density at radius 2 is 1.83 bits per heavy atom. The largest absolute Gasteiger partial charge is 0.501 e. The summed E-state index contributed by atoms with van der Waals surface area (Å²) >= 11 is 11.5. The summed E-state index contributed by atoms with van der Waals surface area (Å²) in [6.45, 7) is 0. The van der Waals surface area contributed by atoms with E-state index in [4.69, 9.17) is 38.0 Å². The molecule has 0 unspecified atom stereocenters. The summed E-state index contributed by atoms with van der Waals surface area (Å²) in [5, 5.41) is 7.06. The van der Waals surface area contributed by atoms with E-state index in [1.807, 2.05) is 18.6 Å². The van der Waals surface area contributed by atoms with Crippen LogP contribution >= 0.6 is 23.8 Å². The van der Waals surface area contributed by atoms with Gasteiger partial charge >= 0.3 is 0 Å². The number of thiocarbonyl (C=S) groups is 1. The highest BCUT2D eigenvalue weighted by Gasteiger charge is 2.12. The highest BCUT2D eigenvalue weighted by atomic mass is 35.5. The van der Waals surface area contributed by atoms with Crippen molar-refractivity contribution in [1.29, 1.82) is 0 Å². The predicted octanol–water partition coefficient (Wildman–Crippen LogP) is 3.67. The summed E-state index contributed by atoms with van der Waals surface area (Å²) in [5.74, 6) is 1.91. The van der Waals surface area contributed by atoms with Gasteiger partial charge in [-0.25, -0.2) is 0 Å². The molecule has 1 radical (unpaired) electrons. The minimum atomic E-state index is 0.421. The van der Waals surface area contributed by atoms with Crippen molar-refractivity contribution in [2.45, 2.75) is 6.42 Å². The monoisotopic (exact) mass is 353 g/mol. The first-order valence-electron chi connectivity index (χ1n) is 6.86. The van der Waals surface area contributed by atoms with Crippen LogP contribution in [0, 0.1) is 6.42 Å². The molecule has 1 aliphatic rings. The van der Waals surface area contributed by atoms with E-state index in [-0.39, 0.29) is 0 Å². The number of ether oxygens (including phenoxy) is 3. The first-order chi connectivity index (χ1) is 11.1. The van der Waals surface area contributed by atoms with E-state index in [2.05, 4.69) is 10.6 Å². The molecule has 0 saturated heterocycles. The molecule has 1 aliphatic carbocycles. The third kappa shape index (κ3) is 4.53. The van der Waals surface area contributed by atoms with Gasteiger partial charge < -0.3 is 24.8 Å². The number of halogens is 1. The van der Waals surface area contributed by atoms with Crippen LogP contribution in [0.15, 0.2) is 35.7 Å². The highest BCUT2D eigenvalue weighted by Crippen LogP contribution is 2.35. The van der Waals surface area contributed by atoms with Gasteiger partial charge in [-0.3, -0.25) is 0 Å². The topological polar surface area (TPSA) is 51.8 Å². The Kier molecular flexibility index (Phi) is 6.12. The summed E-state index contributed by atoms with van der Waals surface area (Å²) in [7, 11) is 4.75. The molecule has 7 heteroatoms. The standard InChI is InChI=1S/C16H18ClN2O3S/c1-20-11-6-4-5-10(7-11)18-16(23)19-13-8-12(17)14(21-2)9-15(13)22-3/h5-9H,4H2,1-3H3,(H2,18,19,23). The van der Waals surface area contributed by atoms with Gasteiger partial charge in [0.15, 0.2) is 5.11 Å². The van der Waals surface area contributed by atoms with Crippen LogP contribution in [-0.2, 0) is 4.74 Å². The zero-order chi connectivity index (χ0) is 16.8. The molecular formula is C16H18ClN2O3S. The number of hydrogen-bond donors (Lipinski definition) is 2. The molecule has 1 aromatic carbocycles. The summed E-state index contributed by atoms with van der Waals surface area (Å²) < 4.78 is 15.7. The Morgan fingerprint density at radius 3 is 2.48 bits per heavy atom. The summed E-state index contributed by atoms with van der Waals surface area (Å²) in [6.07, 6.45) is 6.64. The third-order valence-corrected chi connectivity index (χ3v) is 3.67. The second kappa shape index (κ2) is 8.08. The van der Waals surface area contributed by atoms with Crippen molar-refractivity contribution in [3.05, 3.63) is 47.2 Å². The van der Waals surface area contributed by atoms with Gasteiger partial charge in [-0.1, -0.05) is 17.7 Å². The van der Waals surface area contributed by atoms with Crippen LogP contribution < -0.4 is 20.1 Å². The normalized spacial score (nSPS) is 13.6. The molecule has 123 valence electrons. The average molecular weight is 354 g/mol. The number of nitrogens with one attached hydrogen (secondary N) is 2. The Bertz CT molecular complexity index is 659. The molecule has 0 atom stereocenters. The quantitative estimate of drug-likeness (QED) is 0.788. The maximum atomic E-state index is 6.15. The average Bonchev–Trinajstić information content (AvgIpc) is 2.55. The van der Waals surface area contributed by atoms with E-state index in [0.29, 0.717) is 27.3 Å². The van der Waals surface area contributed by atoms with Gasteiger partial charge in [-0.15, -0.1) is 0 Å². The second-order valence-corrected chi connectivity index (χ2v) is 5.43. The molecule has 0 heterocycles. The maximum Gasteiger partial charge on any atom is 0.175 e. The molecule has 5 nitrogen and oxygen atoms in total. The van der Waals surface area contributed by atoms with Crippen molar-refractivity contribution >= 4 is 34.6 Å². The summed E-state index contributed by atoms with van der Waals surface area (Å²) in [5.41, 5.74) is 1.51. The lowest BCUT2D eigenvalue weighted by Gasteiger charge is -2.17. The van der Waals surface area contributed by atoms with Gasteiger partial charge in [-0.2, -0.15) is 0 Å². The lowest BCUT2D eigenvalue weighted by molar-refractivity contribution is 0.296. The Balaban J connectivity index is 2.10. The Hall–Kier alpha value is -1.92. The van der Waals surface area contributed by atoms with Gasteiger partial charge in [0.05, 0.1) is 32.0 Å². The lowest BCUT2D eigenvalue weighted by atomic mass is 10.1. The van der Waals surface area contributed by atoms with Gasteiger partial charge in [-0.05, 0) is 30.8 Å². The molecule has 0 aliphatic heterocycles. The third-order valence-electron chi connectivity index (χ3n) is 3.17. The number of allylic oxidation sites excluding steroid dienone is 3. The fraction of sp³-hybridized carbons (Fsp3) is 0.250. The second-order valence-electron chi connectivity index (χ2n) is 4.62. The van der Waals surface area contributed by atoms with E-state index in [0.717, 1.165) is 17.9 Å². The molecule has 0 spiro atoms. The molecule has 23 heavy (non-hydrogen) atoms. The van der Waals surface area contributed by atoms with Crippen LogP contribution in [0.4, 0.5) is 5.69 Å². The fourth-order valence-electron chi connectivity index (χ4n) is 2.04. The summed E-state index contributed by atoms with van der Waals surface area (Å²) in [6, 6.07) is 3.40. The van der Waals surface area contributed by atoms with Crippen LogP contribution in [0.25, 0.3) is 0 Å². The van der Waals surface area contributed by atoms with Gasteiger partial charge in [0.1, 0.15) is 17.3 Å². The Labute approximate surface area is 146 Å². The minimum Gasteiger partial charge on any atom is -0.501 e. The molecule has 1 aromatic rings. The van der Waals surface area contributed by atoms with Crippen LogP contribution in [0.1, 0.15) is 6.42 Å². The molecule has 0 amide bonds. The van der Waals surface area contributed by atoms with Crippen molar-refractivity contribution < 1.29 is 14.2 Å². The molecule has 0 bridgehead atoms. The van der Waals surface area contributed by atoms with Crippen molar-refractivity contribution in [2.75, 3.05) is 26.6 Å². The molecule has 2 rings (SSSR count). The maximum absolute atomic E-state index is 6.15. The number of benzene rings is 1. The van der Waals surface area contributed by atoms with Crippen LogP contribution in [0.5, 0.6) is 11.5 Å². The van der Waals surface area contributed by atoms with Gasteiger partial charge in [0.25, 0.3) is 0 Å². The number of methoxy groups -OCH3 is 3. The molecule has 2 N–H and O–H groups in total. The summed E-state index contributed by atoms with van der Waals surface area (Å²) in [4.78, 5) is 0. The van der Waals surface area contributed by atoms with E-state index in [1.54, 1.807) is 33.5 Å². The van der Waals surface area contributed by atoms with E-state index in [1.165, 1.54) is 0 Å². The first-order valence-corrected chi connectivity index (χ1v) is 7.64. The number of rotatable bonds is 5. The van der Waals surface area contributed by atoms with Crippen LogP contribution in [0.3, 0.4) is 0 Å². The van der Waals surface area contributed by atoms with Crippen molar-refractivity contribution in [2.24, 2.45) is 0 Å². The SMILES string of the molecule is COC1=CC(NC(=S)Nc2cc(Cl)c(OC)cc2OC)=CC[CH]1. The molecule has 0 fully saturated rings. The number of hydrogen-bond acceptors (Lipinski definition) is 4. The predicted molar refractivity (Wildman–Crippen MR) is 96.0 cm³/mol. The zero-order valence-electron chi connectivity index (χ0n) is 13.1. The zero-order valence-corrected chi connectivity index (χ0v) is 14.7. The van der Waals surface area contributed by atoms with Gasteiger partial charge in [0.2, 0.25) is 0 Å². The molecular weight excluding hydrogens is 336 g/mol. The smallest absolute Gasteiger partial charge is 0.175 e. The highest BCUT2D eigenvalue weighted by molar-refractivity contribution is 7.80. The van der Waals surface area contributed by atoms with Crippen molar-refractivity contribution in [3.63, 3.8) is 0 Å². The first kappa shape index (κ1) is 17.4. The van der Waals surface area contributed by atoms with E-state index >= 15 is 0 Å². The Morgan fingerprint density at radius 1 is 1.09 bits per heavy atom. The van der Waals surface area contributed by atoms with E-state index in [9.17, 15) is 0 Å².